The number of nitrogens with two attached hydrogens (primary N) is 1. The first-order chi connectivity index (χ1) is 8.50. The quantitative estimate of drug-likeness (QED) is 0.805. The fraction of sp³-hybridized carbons (Fsp3) is 0.273. The summed E-state index contributed by atoms with van der Waals surface area (Å²) >= 11 is 4.68. The van der Waals surface area contributed by atoms with E-state index in [9.17, 15) is 9.59 Å². The molecule has 0 aromatic heterocycles. The monoisotopic (exact) mass is 330 g/mol. The Bertz CT molecular complexity index is 509. The van der Waals surface area contributed by atoms with Crippen molar-refractivity contribution in [2.75, 3.05) is 17.4 Å². The number of hydrogen-bond acceptors (Lipinski definition) is 4. The maximum atomic E-state index is 12.2. The van der Waals surface area contributed by atoms with Crippen LogP contribution in [0.1, 0.15) is 10.4 Å². The molecule has 1 aliphatic rings. The van der Waals surface area contributed by atoms with Crippen molar-refractivity contribution in [1.82, 2.24) is 4.90 Å². The van der Waals surface area contributed by atoms with Crippen LogP contribution in [-0.2, 0) is 4.79 Å². The number of carboxylic acid groups (broad SMARTS) is 1. The Balaban J connectivity index is 2.25. The summed E-state index contributed by atoms with van der Waals surface area (Å²) in [6.45, 7) is 0. The molecule has 1 aromatic carbocycles. The molecule has 0 bridgehead atoms. The molecule has 0 radical (unpaired) electrons. The van der Waals surface area contributed by atoms with E-state index in [1.807, 2.05) is 0 Å². The number of carbonyl (C=O) groups excluding carboxylic acids is 1. The molecule has 96 valence electrons. The van der Waals surface area contributed by atoms with Crippen LogP contribution in [0.2, 0.25) is 0 Å². The number of carbonyl (C=O) groups is 2. The Morgan fingerprint density at radius 1 is 1.50 bits per heavy atom. The van der Waals surface area contributed by atoms with Gasteiger partial charge in [-0.15, -0.1) is 11.8 Å². The second-order valence-corrected chi connectivity index (χ2v) is 5.72. The number of nitrogens with zero attached hydrogens (tertiary/aromatic N) is 1. The van der Waals surface area contributed by atoms with E-state index in [-0.39, 0.29) is 5.91 Å². The molecule has 5 nitrogen and oxygen atoms in total. The van der Waals surface area contributed by atoms with Crippen LogP contribution >= 0.6 is 27.7 Å². The van der Waals surface area contributed by atoms with Crippen molar-refractivity contribution in [2.45, 2.75) is 6.04 Å². The van der Waals surface area contributed by atoms with Crippen molar-refractivity contribution in [1.29, 1.82) is 0 Å². The average Bonchev–Trinajstić information content (AvgIpc) is 2.81. The van der Waals surface area contributed by atoms with Crippen molar-refractivity contribution >= 4 is 45.3 Å². The first-order valence-corrected chi connectivity index (χ1v) is 7.12. The number of thioether (sulfide) groups is 1. The van der Waals surface area contributed by atoms with E-state index in [0.717, 1.165) is 0 Å². The minimum absolute atomic E-state index is 0.299. The predicted octanol–water partition coefficient (Wildman–Crippen LogP) is 1.63. The minimum Gasteiger partial charge on any atom is -0.480 e. The van der Waals surface area contributed by atoms with Crippen LogP contribution in [0, 0.1) is 0 Å². The third-order valence-electron chi connectivity index (χ3n) is 2.67. The average molecular weight is 331 g/mol. The molecule has 0 saturated carbocycles. The van der Waals surface area contributed by atoms with Gasteiger partial charge in [-0.2, -0.15) is 0 Å². The van der Waals surface area contributed by atoms with Gasteiger partial charge in [0.15, 0.2) is 0 Å². The Kier molecular flexibility index (Phi) is 3.82. The van der Waals surface area contributed by atoms with Crippen LogP contribution in [0.5, 0.6) is 0 Å². The van der Waals surface area contributed by atoms with Gasteiger partial charge in [-0.25, -0.2) is 4.79 Å². The summed E-state index contributed by atoms with van der Waals surface area (Å²) in [5.41, 5.74) is 6.58. The van der Waals surface area contributed by atoms with E-state index >= 15 is 0 Å². The van der Waals surface area contributed by atoms with E-state index in [4.69, 9.17) is 10.8 Å². The highest BCUT2D eigenvalue weighted by molar-refractivity contribution is 9.10. The van der Waals surface area contributed by atoms with E-state index < -0.39 is 12.0 Å². The van der Waals surface area contributed by atoms with Crippen molar-refractivity contribution in [3.63, 3.8) is 0 Å². The molecule has 1 heterocycles. The third-order valence-corrected chi connectivity index (χ3v) is 4.41. The number of amides is 1. The molecule has 1 atom stereocenters. The molecular weight excluding hydrogens is 320 g/mol. The number of hydrogen-bond donors (Lipinski definition) is 2. The lowest BCUT2D eigenvalue weighted by molar-refractivity contribution is -0.140. The number of halogens is 1. The molecule has 3 N–H and O–H groups in total. The first-order valence-electron chi connectivity index (χ1n) is 5.17. The minimum atomic E-state index is -0.974. The molecule has 18 heavy (non-hydrogen) atoms. The van der Waals surface area contributed by atoms with Crippen molar-refractivity contribution < 1.29 is 14.7 Å². The van der Waals surface area contributed by atoms with E-state index in [1.54, 1.807) is 18.2 Å². The molecule has 0 aliphatic carbocycles. The topological polar surface area (TPSA) is 83.6 Å². The molecule has 1 saturated heterocycles. The standard InChI is InChI=1S/C11H11BrN2O3S/c12-7-2-1-6(3-8(7)13)10(15)14-5-18-4-9(14)11(16)17/h1-3,9H,4-5,13H2,(H,16,17)/t9-/m0/s1. The van der Waals surface area contributed by atoms with Gasteiger partial charge in [0.2, 0.25) is 0 Å². The van der Waals surface area contributed by atoms with Crippen LogP contribution in [0.15, 0.2) is 22.7 Å². The number of benzene rings is 1. The second kappa shape index (κ2) is 5.19. The molecular formula is C11H11BrN2O3S. The fourth-order valence-corrected chi connectivity index (χ4v) is 3.08. The van der Waals surface area contributed by atoms with Gasteiger partial charge in [0.25, 0.3) is 5.91 Å². The number of carboxylic acids is 1. The van der Waals surface area contributed by atoms with Crippen molar-refractivity contribution in [3.8, 4) is 0 Å². The smallest absolute Gasteiger partial charge is 0.327 e. The van der Waals surface area contributed by atoms with Gasteiger partial charge in [-0.3, -0.25) is 4.79 Å². The number of nitrogen functional groups attached to an aromatic ring is 1. The lowest BCUT2D eigenvalue weighted by Gasteiger charge is -2.20. The zero-order valence-electron chi connectivity index (χ0n) is 9.30. The van der Waals surface area contributed by atoms with Crippen LogP contribution < -0.4 is 5.73 Å². The maximum Gasteiger partial charge on any atom is 0.327 e. The largest absolute Gasteiger partial charge is 0.480 e. The zero-order chi connectivity index (χ0) is 13.3. The summed E-state index contributed by atoms with van der Waals surface area (Å²) in [6, 6.07) is 4.10. The molecule has 7 heteroatoms. The Morgan fingerprint density at radius 3 is 2.83 bits per heavy atom. The Labute approximate surface area is 116 Å². The van der Waals surface area contributed by atoms with Gasteiger partial charge >= 0.3 is 5.97 Å². The van der Waals surface area contributed by atoms with Crippen LogP contribution in [0.25, 0.3) is 0 Å². The van der Waals surface area contributed by atoms with Crippen molar-refractivity contribution in [2.24, 2.45) is 0 Å². The Morgan fingerprint density at radius 2 is 2.22 bits per heavy atom. The van der Waals surface area contributed by atoms with Crippen LogP contribution in [-0.4, -0.2) is 39.6 Å². The van der Waals surface area contributed by atoms with Crippen LogP contribution in [0.4, 0.5) is 5.69 Å². The third kappa shape index (κ3) is 2.46. The Hall–Kier alpha value is -1.21. The maximum absolute atomic E-state index is 12.2. The van der Waals surface area contributed by atoms with Gasteiger partial charge in [0.1, 0.15) is 6.04 Å². The van der Waals surface area contributed by atoms with Gasteiger partial charge in [-0.1, -0.05) is 0 Å². The highest BCUT2D eigenvalue weighted by Gasteiger charge is 2.35. The summed E-state index contributed by atoms with van der Waals surface area (Å²) in [6.07, 6.45) is 0. The van der Waals surface area contributed by atoms with Gasteiger partial charge in [-0.05, 0) is 34.1 Å². The van der Waals surface area contributed by atoms with Crippen molar-refractivity contribution in [3.05, 3.63) is 28.2 Å². The molecule has 0 unspecified atom stereocenters. The molecule has 2 rings (SSSR count). The lowest BCUT2D eigenvalue weighted by atomic mass is 10.1. The summed E-state index contributed by atoms with van der Waals surface area (Å²) in [5.74, 6) is -0.455. The molecule has 1 aliphatic heterocycles. The summed E-state index contributed by atoms with van der Waals surface area (Å²) < 4.78 is 0.713. The van der Waals surface area contributed by atoms with E-state index in [1.165, 1.54) is 16.7 Å². The number of anilines is 1. The van der Waals surface area contributed by atoms with Crippen LogP contribution in [0.3, 0.4) is 0 Å². The van der Waals surface area contributed by atoms with Gasteiger partial charge in [0, 0.05) is 21.5 Å². The summed E-state index contributed by atoms with van der Waals surface area (Å²) in [5, 5.41) is 9.04. The number of rotatable bonds is 2. The van der Waals surface area contributed by atoms with E-state index in [0.29, 0.717) is 27.4 Å². The second-order valence-electron chi connectivity index (χ2n) is 3.87. The zero-order valence-corrected chi connectivity index (χ0v) is 11.7. The molecule has 1 fully saturated rings. The summed E-state index contributed by atoms with van der Waals surface area (Å²) in [4.78, 5) is 24.6. The first kappa shape index (κ1) is 13.2. The molecule has 1 amide bonds. The SMILES string of the molecule is Nc1cc(C(=O)N2CSC[C@H]2C(=O)O)ccc1Br. The fourth-order valence-electron chi connectivity index (χ4n) is 1.69. The molecule has 1 aromatic rings. The lowest BCUT2D eigenvalue weighted by Crippen LogP contribution is -2.41. The highest BCUT2D eigenvalue weighted by Crippen LogP contribution is 2.26. The highest BCUT2D eigenvalue weighted by atomic mass is 79.9. The van der Waals surface area contributed by atoms with Gasteiger partial charge in [0.05, 0.1) is 5.88 Å². The van der Waals surface area contributed by atoms with E-state index in [2.05, 4.69) is 15.9 Å². The molecule has 0 spiro atoms. The predicted molar refractivity (Wildman–Crippen MR) is 73.5 cm³/mol. The summed E-state index contributed by atoms with van der Waals surface area (Å²) in [7, 11) is 0. The van der Waals surface area contributed by atoms with Gasteiger partial charge < -0.3 is 15.7 Å². The number of aliphatic carboxylic acids is 1. The normalized spacial score (nSPS) is 18.9.